The molecule has 25 heavy (non-hydrogen) atoms. The highest BCUT2D eigenvalue weighted by molar-refractivity contribution is 7.88. The zero-order valence-electron chi connectivity index (χ0n) is 13.0. The van der Waals surface area contributed by atoms with Gasteiger partial charge in [0.05, 0.1) is 12.8 Å². The normalized spacial score (nSPS) is 12.6. The quantitative estimate of drug-likeness (QED) is 0.483. The van der Waals surface area contributed by atoms with Crippen molar-refractivity contribution in [1.29, 1.82) is 0 Å². The molecule has 0 aliphatic heterocycles. The summed E-state index contributed by atoms with van der Waals surface area (Å²) in [5.74, 6) is -0.0135. The van der Waals surface area contributed by atoms with Crippen molar-refractivity contribution in [2.75, 3.05) is 18.3 Å². The Balaban J connectivity index is 2.26. The van der Waals surface area contributed by atoms with Gasteiger partial charge in [-0.15, -0.1) is 0 Å². The summed E-state index contributed by atoms with van der Waals surface area (Å²) in [5.41, 5.74) is 0.211. The predicted molar refractivity (Wildman–Crippen MR) is 84.6 cm³/mol. The molecule has 0 amide bonds. The number of sulfonamides is 1. The molecule has 136 valence electrons. The number of anilines is 1. The van der Waals surface area contributed by atoms with E-state index in [9.17, 15) is 17.2 Å². The van der Waals surface area contributed by atoms with Gasteiger partial charge in [0.15, 0.2) is 11.5 Å². The molecule has 0 aliphatic rings. The van der Waals surface area contributed by atoms with Crippen LogP contribution in [-0.4, -0.2) is 42.7 Å². The molecule has 0 fully saturated rings. The lowest BCUT2D eigenvalue weighted by Gasteiger charge is -2.10. The molecule has 9 nitrogen and oxygen atoms in total. The molecule has 0 bridgehead atoms. The fourth-order valence-electron chi connectivity index (χ4n) is 1.83. The van der Waals surface area contributed by atoms with Crippen LogP contribution in [0.15, 0.2) is 33.9 Å². The number of aliphatic hydroxyl groups is 1. The maximum absolute atomic E-state index is 12.8. The Hall–Kier alpha value is -2.44. The summed E-state index contributed by atoms with van der Waals surface area (Å²) in [6.45, 7) is -0.844. The number of hydrogen-bond acceptors (Lipinski definition) is 7. The van der Waals surface area contributed by atoms with Crippen molar-refractivity contribution in [2.45, 2.75) is 13.0 Å². The van der Waals surface area contributed by atoms with E-state index in [1.54, 1.807) is 0 Å². The number of nitrogens with one attached hydrogen (secondary N) is 2. The van der Waals surface area contributed by atoms with Gasteiger partial charge in [0.25, 0.3) is 6.43 Å². The van der Waals surface area contributed by atoms with Crippen LogP contribution in [0.1, 0.15) is 23.4 Å². The Labute approximate surface area is 141 Å². The number of amidine groups is 1. The van der Waals surface area contributed by atoms with Crippen LogP contribution in [-0.2, 0) is 16.6 Å². The summed E-state index contributed by atoms with van der Waals surface area (Å²) < 4.78 is 54.7. The van der Waals surface area contributed by atoms with Crippen molar-refractivity contribution in [3.8, 4) is 0 Å². The van der Waals surface area contributed by atoms with Crippen LogP contribution >= 0.6 is 0 Å². The number of hydrogen-bond donors (Lipinski definition) is 3. The SMILES string of the molecule is CS(=O)(=O)NCc1nonc1C(=NCO)Nc1cccc(C(F)F)c1. The maximum atomic E-state index is 12.8. The van der Waals surface area contributed by atoms with Crippen molar-refractivity contribution in [3.63, 3.8) is 0 Å². The van der Waals surface area contributed by atoms with Crippen molar-refractivity contribution >= 4 is 21.5 Å². The number of rotatable bonds is 7. The number of aliphatic imine (C=N–C) groups is 1. The lowest BCUT2D eigenvalue weighted by Crippen LogP contribution is -2.24. The van der Waals surface area contributed by atoms with Crippen LogP contribution in [0.4, 0.5) is 14.5 Å². The van der Waals surface area contributed by atoms with Crippen molar-refractivity contribution in [1.82, 2.24) is 15.0 Å². The molecule has 0 saturated carbocycles. The van der Waals surface area contributed by atoms with E-state index in [0.717, 1.165) is 6.26 Å². The second-order valence-corrected chi connectivity index (χ2v) is 6.69. The molecule has 0 aliphatic carbocycles. The van der Waals surface area contributed by atoms with E-state index < -0.39 is 23.2 Å². The van der Waals surface area contributed by atoms with Gasteiger partial charge in [-0.25, -0.2) is 31.5 Å². The highest BCUT2D eigenvalue weighted by Gasteiger charge is 2.18. The van der Waals surface area contributed by atoms with Gasteiger partial charge >= 0.3 is 0 Å². The molecular formula is C13H15F2N5O4S. The van der Waals surface area contributed by atoms with Crippen LogP contribution in [0, 0.1) is 0 Å². The third-order valence-electron chi connectivity index (χ3n) is 2.91. The first-order chi connectivity index (χ1) is 11.8. The van der Waals surface area contributed by atoms with E-state index in [1.807, 2.05) is 0 Å². The first-order valence-electron chi connectivity index (χ1n) is 6.87. The third kappa shape index (κ3) is 5.55. The number of nitrogens with zero attached hydrogens (tertiary/aromatic N) is 3. The lowest BCUT2D eigenvalue weighted by atomic mass is 10.2. The minimum absolute atomic E-state index is 0.0135. The minimum atomic E-state index is -3.48. The number of benzene rings is 1. The number of alkyl halides is 2. The fraction of sp³-hybridized carbons (Fsp3) is 0.308. The fourth-order valence-corrected chi connectivity index (χ4v) is 2.23. The average molecular weight is 375 g/mol. The molecule has 12 heteroatoms. The van der Waals surface area contributed by atoms with E-state index in [1.165, 1.54) is 24.3 Å². The molecule has 2 rings (SSSR count). The second-order valence-electron chi connectivity index (χ2n) is 4.85. The smallest absolute Gasteiger partial charge is 0.263 e. The highest BCUT2D eigenvalue weighted by atomic mass is 32.2. The molecule has 0 atom stereocenters. The van der Waals surface area contributed by atoms with Gasteiger partial charge in [0, 0.05) is 11.3 Å². The predicted octanol–water partition coefficient (Wildman–Crippen LogP) is 0.865. The van der Waals surface area contributed by atoms with E-state index in [4.69, 9.17) is 5.11 Å². The summed E-state index contributed by atoms with van der Waals surface area (Å²) in [4.78, 5) is 3.78. The van der Waals surface area contributed by atoms with Gasteiger partial charge in [-0.3, -0.25) is 0 Å². The third-order valence-corrected chi connectivity index (χ3v) is 3.58. The van der Waals surface area contributed by atoms with Crippen LogP contribution in [0.2, 0.25) is 0 Å². The summed E-state index contributed by atoms with van der Waals surface area (Å²) in [7, 11) is -3.48. The monoisotopic (exact) mass is 375 g/mol. The van der Waals surface area contributed by atoms with Crippen molar-refractivity contribution < 1.29 is 26.9 Å². The Bertz CT molecular complexity index is 854. The zero-order chi connectivity index (χ0) is 18.4. The van der Waals surface area contributed by atoms with Crippen LogP contribution < -0.4 is 10.0 Å². The van der Waals surface area contributed by atoms with Gasteiger partial charge < -0.3 is 10.4 Å². The Morgan fingerprint density at radius 2 is 2.16 bits per heavy atom. The first-order valence-corrected chi connectivity index (χ1v) is 8.76. The minimum Gasteiger partial charge on any atom is -0.374 e. The van der Waals surface area contributed by atoms with E-state index in [2.05, 4.69) is 30.0 Å². The summed E-state index contributed by atoms with van der Waals surface area (Å²) in [6, 6.07) is 5.41. The van der Waals surface area contributed by atoms with Crippen LogP contribution in [0.3, 0.4) is 0 Å². The van der Waals surface area contributed by atoms with E-state index >= 15 is 0 Å². The molecule has 1 aromatic heterocycles. The van der Waals surface area contributed by atoms with Crippen molar-refractivity contribution in [2.24, 2.45) is 4.99 Å². The van der Waals surface area contributed by atoms with Gasteiger partial charge in [-0.1, -0.05) is 17.3 Å². The standard InChI is InChI=1S/C13H15F2N5O4S/c1-25(22,23)17-6-10-11(20-24-19-10)13(16-7-21)18-9-4-2-3-8(5-9)12(14)15/h2-5,12,17,21H,6-7H2,1H3,(H,16,18). The van der Waals surface area contributed by atoms with Crippen LogP contribution in [0.25, 0.3) is 0 Å². The Morgan fingerprint density at radius 3 is 2.80 bits per heavy atom. The zero-order valence-corrected chi connectivity index (χ0v) is 13.8. The number of aromatic nitrogens is 2. The molecule has 1 aromatic carbocycles. The molecule has 0 saturated heterocycles. The largest absolute Gasteiger partial charge is 0.374 e. The molecule has 3 N–H and O–H groups in total. The van der Waals surface area contributed by atoms with E-state index in [0.29, 0.717) is 0 Å². The molecule has 0 unspecified atom stereocenters. The van der Waals surface area contributed by atoms with Crippen LogP contribution in [0.5, 0.6) is 0 Å². The topological polar surface area (TPSA) is 130 Å². The highest BCUT2D eigenvalue weighted by Crippen LogP contribution is 2.22. The summed E-state index contributed by atoms with van der Waals surface area (Å²) >= 11 is 0. The second kappa shape index (κ2) is 8.09. The molecule has 1 heterocycles. The van der Waals surface area contributed by atoms with Gasteiger partial charge in [0.1, 0.15) is 12.4 Å². The maximum Gasteiger partial charge on any atom is 0.263 e. The molecule has 2 aromatic rings. The van der Waals surface area contributed by atoms with E-state index in [-0.39, 0.29) is 35.0 Å². The molecule has 0 radical (unpaired) electrons. The first kappa shape index (κ1) is 18.9. The Morgan fingerprint density at radius 1 is 1.40 bits per heavy atom. The van der Waals surface area contributed by atoms with Gasteiger partial charge in [0.2, 0.25) is 10.0 Å². The Kier molecular flexibility index (Phi) is 6.12. The lowest BCUT2D eigenvalue weighted by molar-refractivity contribution is 0.151. The van der Waals surface area contributed by atoms with Crippen molar-refractivity contribution in [3.05, 3.63) is 41.2 Å². The number of aliphatic hydroxyl groups excluding tert-OH is 1. The summed E-state index contributed by atoms with van der Waals surface area (Å²) in [5, 5.41) is 19.0. The molecule has 0 spiro atoms. The molecular weight excluding hydrogens is 360 g/mol. The summed E-state index contributed by atoms with van der Waals surface area (Å²) in [6.07, 6.45) is -1.68. The van der Waals surface area contributed by atoms with Gasteiger partial charge in [-0.2, -0.15) is 0 Å². The number of halogens is 2. The van der Waals surface area contributed by atoms with Gasteiger partial charge in [-0.05, 0) is 17.3 Å². The average Bonchev–Trinajstić information content (AvgIpc) is 3.00.